The summed E-state index contributed by atoms with van der Waals surface area (Å²) < 4.78 is 98.1. The van der Waals surface area contributed by atoms with E-state index in [4.69, 9.17) is 0 Å². The molecule has 0 aliphatic rings. The number of benzene rings is 1. The van der Waals surface area contributed by atoms with Crippen molar-refractivity contribution < 1.29 is 45.2 Å². The molecule has 2 rings (SSSR count). The Labute approximate surface area is 149 Å². The highest BCUT2D eigenvalue weighted by Gasteiger charge is 2.43. The second kappa shape index (κ2) is 7.41. The van der Waals surface area contributed by atoms with Gasteiger partial charge >= 0.3 is 11.9 Å². The lowest BCUT2D eigenvalue weighted by atomic mass is 10.1. The molecule has 2 aromatic rings. The van der Waals surface area contributed by atoms with Gasteiger partial charge in [-0.05, 0) is 0 Å². The van der Waals surface area contributed by atoms with E-state index in [1.54, 1.807) is 5.32 Å². The lowest BCUT2D eigenvalue weighted by molar-refractivity contribution is -0.384. The molecule has 0 saturated heterocycles. The quantitative estimate of drug-likeness (QED) is 0.350. The van der Waals surface area contributed by atoms with Crippen LogP contribution in [0.5, 0.6) is 0 Å². The van der Waals surface area contributed by atoms with Crippen LogP contribution in [0.15, 0.2) is 6.20 Å². The van der Waals surface area contributed by atoms with E-state index in [2.05, 4.69) is 9.84 Å². The molecular formula is C13H7F7N4O4. The number of carbonyl (C=O) groups excluding carboxylic acids is 1. The van der Waals surface area contributed by atoms with E-state index >= 15 is 0 Å². The number of hydrogen-bond acceptors (Lipinski definition) is 5. The molecule has 0 saturated carbocycles. The molecule has 0 bridgehead atoms. The minimum atomic E-state index is -5.78. The molecule has 1 aromatic carbocycles. The largest absolute Gasteiger partial charge is 0.422 e. The summed E-state index contributed by atoms with van der Waals surface area (Å²) in [6.07, 6.45) is -5.42. The van der Waals surface area contributed by atoms with Gasteiger partial charge in [-0.2, -0.15) is 18.3 Å². The van der Waals surface area contributed by atoms with Crippen molar-refractivity contribution in [2.45, 2.75) is 6.18 Å². The topological polar surface area (TPSA) is 99.3 Å². The fourth-order valence-corrected chi connectivity index (χ4v) is 2.11. The van der Waals surface area contributed by atoms with Crippen LogP contribution >= 0.6 is 0 Å². The molecular weight excluding hydrogens is 409 g/mol. The van der Waals surface area contributed by atoms with Crippen molar-refractivity contribution >= 4 is 17.4 Å². The van der Waals surface area contributed by atoms with Gasteiger partial charge in [0.1, 0.15) is 24.1 Å². The number of anilines is 1. The van der Waals surface area contributed by atoms with E-state index < -0.39 is 69.6 Å². The molecule has 152 valence electrons. The van der Waals surface area contributed by atoms with Crippen molar-refractivity contribution in [1.29, 1.82) is 0 Å². The smallest absolute Gasteiger partial charge is 0.375 e. The minimum Gasteiger partial charge on any atom is -0.375 e. The van der Waals surface area contributed by atoms with Crippen molar-refractivity contribution in [3.05, 3.63) is 45.1 Å². The Morgan fingerprint density at radius 1 is 1.21 bits per heavy atom. The molecule has 28 heavy (non-hydrogen) atoms. The van der Waals surface area contributed by atoms with Crippen LogP contribution in [0.25, 0.3) is 5.69 Å². The average Bonchev–Trinajstić information content (AvgIpc) is 2.96. The molecule has 1 aromatic heterocycles. The van der Waals surface area contributed by atoms with Crippen molar-refractivity contribution in [2.75, 3.05) is 19.0 Å². The van der Waals surface area contributed by atoms with Crippen LogP contribution in [0.2, 0.25) is 0 Å². The van der Waals surface area contributed by atoms with Gasteiger partial charge in [0.25, 0.3) is 5.91 Å². The van der Waals surface area contributed by atoms with Gasteiger partial charge in [0.15, 0.2) is 23.3 Å². The summed E-state index contributed by atoms with van der Waals surface area (Å²) in [5.41, 5.74) is -5.74. The van der Waals surface area contributed by atoms with Gasteiger partial charge in [0, 0.05) is 7.11 Å². The third-order valence-corrected chi connectivity index (χ3v) is 3.22. The molecule has 0 aliphatic heterocycles. The third-order valence-electron chi connectivity index (χ3n) is 3.22. The Bertz CT molecular complexity index is 928. The molecule has 15 heteroatoms. The first kappa shape index (κ1) is 21.1. The predicted molar refractivity (Wildman–Crippen MR) is 75.6 cm³/mol. The highest BCUT2D eigenvalue weighted by atomic mass is 19.4. The third kappa shape index (κ3) is 3.60. The standard InChI is InChI=1S/C13H7F7N4O4/c1-28-3-5(25)22-12-4(24(26)27)2-21-23(12)11-9(16)7(14)6(13(18,19)20)8(15)10(11)17/h2H,3H2,1H3,(H,22,25). The van der Waals surface area contributed by atoms with Gasteiger partial charge in [-0.3, -0.25) is 14.9 Å². The van der Waals surface area contributed by atoms with Crippen LogP contribution < -0.4 is 5.32 Å². The molecule has 1 heterocycles. The molecule has 8 nitrogen and oxygen atoms in total. The van der Waals surface area contributed by atoms with E-state index in [-0.39, 0.29) is 4.68 Å². The van der Waals surface area contributed by atoms with Gasteiger partial charge in [-0.15, -0.1) is 0 Å². The van der Waals surface area contributed by atoms with Crippen LogP contribution in [-0.4, -0.2) is 34.3 Å². The van der Waals surface area contributed by atoms with Gasteiger partial charge in [-0.25, -0.2) is 22.2 Å². The maximum atomic E-state index is 14.1. The van der Waals surface area contributed by atoms with Crippen LogP contribution in [0.1, 0.15) is 5.56 Å². The van der Waals surface area contributed by atoms with Gasteiger partial charge in [0.05, 0.1) is 4.92 Å². The van der Waals surface area contributed by atoms with Crippen molar-refractivity contribution in [2.24, 2.45) is 0 Å². The van der Waals surface area contributed by atoms with Crippen LogP contribution in [-0.2, 0) is 15.7 Å². The number of nitrogens with zero attached hydrogens (tertiary/aromatic N) is 3. The van der Waals surface area contributed by atoms with Crippen LogP contribution in [0.4, 0.5) is 42.2 Å². The van der Waals surface area contributed by atoms with Crippen molar-refractivity contribution in [3.63, 3.8) is 0 Å². The summed E-state index contributed by atoms with van der Waals surface area (Å²) in [6.45, 7) is -0.691. The summed E-state index contributed by atoms with van der Waals surface area (Å²) in [5, 5.41) is 15.9. The molecule has 0 atom stereocenters. The van der Waals surface area contributed by atoms with Crippen LogP contribution in [0.3, 0.4) is 0 Å². The Morgan fingerprint density at radius 2 is 1.75 bits per heavy atom. The number of rotatable bonds is 5. The van der Waals surface area contributed by atoms with E-state index in [9.17, 15) is 45.6 Å². The zero-order chi connectivity index (χ0) is 21.4. The van der Waals surface area contributed by atoms with Gasteiger partial charge in [0.2, 0.25) is 5.82 Å². The number of alkyl halides is 3. The Balaban J connectivity index is 2.79. The fraction of sp³-hybridized carbons (Fsp3) is 0.231. The number of nitro groups is 1. The Hall–Kier alpha value is -3.23. The number of nitrogens with one attached hydrogen (secondary N) is 1. The van der Waals surface area contributed by atoms with Crippen LogP contribution in [0, 0.1) is 33.4 Å². The number of carbonyl (C=O) groups is 1. The number of amides is 1. The zero-order valence-corrected chi connectivity index (χ0v) is 13.4. The summed E-state index contributed by atoms with van der Waals surface area (Å²) in [5.74, 6) is -12.8. The number of halogens is 7. The van der Waals surface area contributed by atoms with E-state index in [0.29, 0.717) is 6.20 Å². The first-order valence-electron chi connectivity index (χ1n) is 6.86. The predicted octanol–water partition coefficient (Wildman–Crippen LogP) is 2.94. The average molecular weight is 416 g/mol. The SMILES string of the molecule is COCC(=O)Nc1c([N+](=O)[O-])cnn1-c1c(F)c(F)c(C(F)(F)F)c(F)c1F. The lowest BCUT2D eigenvalue weighted by Gasteiger charge is -2.15. The second-order valence-corrected chi connectivity index (χ2v) is 5.01. The first-order valence-corrected chi connectivity index (χ1v) is 6.86. The monoisotopic (exact) mass is 416 g/mol. The molecule has 0 unspecified atom stereocenters. The highest BCUT2D eigenvalue weighted by Crippen LogP contribution is 2.39. The molecule has 1 N–H and O–H groups in total. The molecule has 0 spiro atoms. The Kier molecular flexibility index (Phi) is 5.58. The number of ether oxygens (including phenoxy) is 1. The number of hydrogen-bond donors (Lipinski definition) is 1. The molecule has 0 fully saturated rings. The minimum absolute atomic E-state index is 0.150. The summed E-state index contributed by atoms with van der Waals surface area (Å²) >= 11 is 0. The summed E-state index contributed by atoms with van der Waals surface area (Å²) in [4.78, 5) is 21.4. The summed E-state index contributed by atoms with van der Waals surface area (Å²) in [7, 11) is 1.06. The molecule has 0 aliphatic carbocycles. The summed E-state index contributed by atoms with van der Waals surface area (Å²) in [6, 6.07) is 0. The Morgan fingerprint density at radius 3 is 2.18 bits per heavy atom. The fourth-order valence-electron chi connectivity index (χ4n) is 2.11. The highest BCUT2D eigenvalue weighted by molar-refractivity contribution is 5.93. The maximum absolute atomic E-state index is 14.1. The van der Waals surface area contributed by atoms with Crippen molar-refractivity contribution in [3.8, 4) is 5.69 Å². The van der Waals surface area contributed by atoms with E-state index in [1.807, 2.05) is 0 Å². The molecule has 1 amide bonds. The van der Waals surface area contributed by atoms with Gasteiger partial charge in [-0.1, -0.05) is 0 Å². The normalized spacial score (nSPS) is 11.6. The molecule has 0 radical (unpaired) electrons. The van der Waals surface area contributed by atoms with E-state index in [0.717, 1.165) is 7.11 Å². The van der Waals surface area contributed by atoms with Crippen molar-refractivity contribution in [1.82, 2.24) is 9.78 Å². The maximum Gasteiger partial charge on any atom is 0.422 e. The zero-order valence-electron chi connectivity index (χ0n) is 13.4. The first-order chi connectivity index (χ1) is 12.9. The number of aromatic nitrogens is 2. The lowest BCUT2D eigenvalue weighted by Crippen LogP contribution is -2.22. The second-order valence-electron chi connectivity index (χ2n) is 5.01. The van der Waals surface area contributed by atoms with Gasteiger partial charge < -0.3 is 10.1 Å². The number of methoxy groups -OCH3 is 1. The van der Waals surface area contributed by atoms with E-state index in [1.165, 1.54) is 0 Å².